The number of nitriles is 1. The summed E-state index contributed by atoms with van der Waals surface area (Å²) in [5, 5.41) is 9.32. The minimum atomic E-state index is -5.55. The van der Waals surface area contributed by atoms with Gasteiger partial charge in [-0.2, -0.15) is 31.6 Å². The molecule has 2 aromatic carbocycles. The lowest BCUT2D eigenvalue weighted by atomic mass is 9.98. The second kappa shape index (κ2) is 10.8. The van der Waals surface area contributed by atoms with Gasteiger partial charge in [-0.1, -0.05) is 12.1 Å². The second-order valence-electron chi connectivity index (χ2n) is 8.77. The molecule has 0 aromatic heterocycles. The molecule has 0 saturated heterocycles. The van der Waals surface area contributed by atoms with Crippen molar-refractivity contribution in [1.29, 1.82) is 5.26 Å². The highest BCUT2D eigenvalue weighted by Crippen LogP contribution is 2.44. The SMILES string of the molecule is [C-]#[N+]C1=C(C)N(c2cccc(C(F)(F)F)c2)C(=O)N(S(C)(=O)=O)[C@@H]1c1ccc(C#N)cc1[S@@](C)(=O)=NC(=O)C(F)(F)F. The van der Waals surface area contributed by atoms with Crippen molar-refractivity contribution in [2.75, 3.05) is 17.4 Å². The van der Waals surface area contributed by atoms with Crippen molar-refractivity contribution in [1.82, 2.24) is 4.31 Å². The molecule has 18 heteroatoms. The average molecular weight is 634 g/mol. The lowest BCUT2D eigenvalue weighted by Gasteiger charge is -2.41. The third kappa shape index (κ3) is 6.09. The number of urea groups is 1. The Morgan fingerprint density at radius 2 is 1.69 bits per heavy atom. The zero-order valence-electron chi connectivity index (χ0n) is 21.5. The molecule has 0 spiro atoms. The van der Waals surface area contributed by atoms with E-state index in [4.69, 9.17) is 6.57 Å². The average Bonchev–Trinajstić information content (AvgIpc) is 2.86. The first-order valence-electron chi connectivity index (χ1n) is 11.1. The molecule has 10 nitrogen and oxygen atoms in total. The van der Waals surface area contributed by atoms with E-state index in [2.05, 4.69) is 9.21 Å². The lowest BCUT2D eigenvalue weighted by molar-refractivity contribution is -0.169. The van der Waals surface area contributed by atoms with E-state index in [1.165, 1.54) is 0 Å². The Bertz CT molecular complexity index is 1850. The van der Waals surface area contributed by atoms with Gasteiger partial charge in [0, 0.05) is 17.6 Å². The number of allylic oxidation sites excluding steroid dienone is 1. The van der Waals surface area contributed by atoms with Gasteiger partial charge in [-0.05, 0) is 42.8 Å². The predicted molar refractivity (Wildman–Crippen MR) is 135 cm³/mol. The van der Waals surface area contributed by atoms with Crippen molar-refractivity contribution in [2.45, 2.75) is 30.2 Å². The summed E-state index contributed by atoms with van der Waals surface area (Å²) in [4.78, 5) is 28.3. The molecule has 0 aliphatic carbocycles. The van der Waals surface area contributed by atoms with Crippen LogP contribution in [0.25, 0.3) is 4.85 Å². The van der Waals surface area contributed by atoms with Gasteiger partial charge in [0.15, 0.2) is 0 Å². The number of amides is 3. The largest absolute Gasteiger partial charge is 0.474 e. The molecule has 3 rings (SSSR count). The van der Waals surface area contributed by atoms with Crippen LogP contribution in [0.4, 0.5) is 36.8 Å². The molecule has 2 aromatic rings. The number of nitrogens with zero attached hydrogens (tertiary/aromatic N) is 5. The van der Waals surface area contributed by atoms with E-state index in [0.29, 0.717) is 29.5 Å². The fraction of sp³-hybridized carbons (Fsp3) is 0.250. The number of carbonyl (C=O) groups is 2. The Morgan fingerprint density at radius 1 is 1.07 bits per heavy atom. The van der Waals surface area contributed by atoms with E-state index in [-0.39, 0.29) is 15.6 Å². The fourth-order valence-corrected chi connectivity index (χ4v) is 6.51. The van der Waals surface area contributed by atoms with Gasteiger partial charge >= 0.3 is 24.3 Å². The Kier molecular flexibility index (Phi) is 8.23. The summed E-state index contributed by atoms with van der Waals surface area (Å²) in [6, 6.07) is 4.09. The highest BCUT2D eigenvalue weighted by atomic mass is 32.2. The topological polar surface area (TPSA) is 132 Å². The van der Waals surface area contributed by atoms with Crippen molar-refractivity contribution < 1.29 is 48.6 Å². The summed E-state index contributed by atoms with van der Waals surface area (Å²) >= 11 is 0. The molecule has 0 saturated carbocycles. The van der Waals surface area contributed by atoms with Gasteiger partial charge in [0.05, 0.1) is 44.6 Å². The molecule has 1 aliphatic heterocycles. The number of sulfonamides is 1. The lowest BCUT2D eigenvalue weighted by Crippen LogP contribution is -2.51. The summed E-state index contributed by atoms with van der Waals surface area (Å²) < 4.78 is 121. The zero-order chi connectivity index (χ0) is 32.0. The van der Waals surface area contributed by atoms with Crippen molar-refractivity contribution in [3.63, 3.8) is 0 Å². The zero-order valence-corrected chi connectivity index (χ0v) is 23.1. The molecule has 1 heterocycles. The molecule has 1 aliphatic rings. The van der Waals surface area contributed by atoms with Crippen LogP contribution in [0.5, 0.6) is 0 Å². The number of carbonyl (C=O) groups excluding carboxylic acids is 2. The molecule has 0 unspecified atom stereocenters. The van der Waals surface area contributed by atoms with E-state index >= 15 is 0 Å². The molecule has 2 atom stereocenters. The third-order valence-corrected chi connectivity index (χ3v) is 8.60. The number of alkyl halides is 6. The Hall–Kier alpha value is -4.42. The maximum absolute atomic E-state index is 13.7. The molecule has 222 valence electrons. The first kappa shape index (κ1) is 32.1. The molecule has 0 bridgehead atoms. The van der Waals surface area contributed by atoms with Crippen LogP contribution < -0.4 is 4.90 Å². The molecular formula is C24H17F6N5O5S2. The Balaban J connectivity index is 2.44. The maximum Gasteiger partial charge on any atom is 0.474 e. The number of benzene rings is 2. The van der Waals surface area contributed by atoms with E-state index in [9.17, 15) is 53.8 Å². The smallest absolute Gasteiger partial charge is 0.277 e. The molecule has 0 N–H and O–H groups in total. The molecule has 42 heavy (non-hydrogen) atoms. The minimum absolute atomic E-state index is 0.0830. The van der Waals surface area contributed by atoms with E-state index in [0.717, 1.165) is 37.3 Å². The van der Waals surface area contributed by atoms with Crippen molar-refractivity contribution in [2.24, 2.45) is 4.36 Å². The summed E-state index contributed by atoms with van der Waals surface area (Å²) in [6.45, 7) is 8.85. The first-order valence-corrected chi connectivity index (χ1v) is 14.9. The summed E-state index contributed by atoms with van der Waals surface area (Å²) in [7, 11) is -9.16. The number of halogens is 6. The fourth-order valence-electron chi connectivity index (χ4n) is 4.07. The van der Waals surface area contributed by atoms with Crippen LogP contribution in [-0.2, 0) is 30.7 Å². The highest BCUT2D eigenvalue weighted by molar-refractivity contribution is 7.93. The van der Waals surface area contributed by atoms with Crippen LogP contribution in [0.2, 0.25) is 0 Å². The molecule has 0 fully saturated rings. The standard InChI is InChI=1S/C24H17F6N5O5S2/c1-13-19(32-2)20(17-9-8-14(12-31)10-18(17)41(3,38)33-21(36)24(28,29)30)35(42(4,39)40)22(37)34(13)16-7-5-6-15(11-16)23(25,26)27/h5-11,20H,1,3-4H3/t20-,41-/m1/s1. The highest BCUT2D eigenvalue weighted by Gasteiger charge is 2.47. The van der Waals surface area contributed by atoms with Crippen LogP contribution >= 0.6 is 0 Å². The van der Waals surface area contributed by atoms with Gasteiger partial charge in [0.2, 0.25) is 15.7 Å². The number of rotatable bonds is 4. The third-order valence-electron chi connectivity index (χ3n) is 5.83. The van der Waals surface area contributed by atoms with Gasteiger partial charge in [0.25, 0.3) is 0 Å². The quantitative estimate of drug-likeness (QED) is 0.335. The number of anilines is 1. The predicted octanol–water partition coefficient (Wildman–Crippen LogP) is 5.22. The summed E-state index contributed by atoms with van der Waals surface area (Å²) in [5.74, 6) is -2.75. The van der Waals surface area contributed by atoms with Gasteiger partial charge in [-0.25, -0.2) is 26.6 Å². The van der Waals surface area contributed by atoms with E-state index in [1.54, 1.807) is 6.07 Å². The minimum Gasteiger partial charge on any atom is -0.277 e. The van der Waals surface area contributed by atoms with Crippen LogP contribution in [0, 0.1) is 17.9 Å². The van der Waals surface area contributed by atoms with Crippen molar-refractivity contribution in [3.8, 4) is 6.07 Å². The Morgan fingerprint density at radius 3 is 2.19 bits per heavy atom. The van der Waals surface area contributed by atoms with E-state index in [1.807, 2.05) is 0 Å². The van der Waals surface area contributed by atoms with Crippen LogP contribution in [0.1, 0.15) is 29.7 Å². The monoisotopic (exact) mass is 633 g/mol. The van der Waals surface area contributed by atoms with Crippen LogP contribution in [-0.4, -0.2) is 47.6 Å². The Labute approximate surface area is 235 Å². The molecular weight excluding hydrogens is 616 g/mol. The van der Waals surface area contributed by atoms with Gasteiger partial charge < -0.3 is 0 Å². The number of hydrogen-bond donors (Lipinski definition) is 0. The van der Waals surface area contributed by atoms with E-state index < -0.39 is 77.5 Å². The van der Waals surface area contributed by atoms with Crippen LogP contribution in [0.15, 0.2) is 63.1 Å². The maximum atomic E-state index is 13.7. The molecule has 3 amide bonds. The summed E-state index contributed by atoms with van der Waals surface area (Å²) in [6.07, 6.45) is -9.28. The van der Waals surface area contributed by atoms with Gasteiger partial charge in [0.1, 0.15) is 6.04 Å². The summed E-state index contributed by atoms with van der Waals surface area (Å²) in [5.41, 5.74) is -3.48. The second-order valence-corrected chi connectivity index (χ2v) is 12.9. The molecule has 0 radical (unpaired) electrons. The van der Waals surface area contributed by atoms with Gasteiger partial charge in [-0.15, -0.1) is 4.36 Å². The van der Waals surface area contributed by atoms with Gasteiger partial charge in [-0.3, -0.25) is 9.69 Å². The van der Waals surface area contributed by atoms with Crippen molar-refractivity contribution >= 4 is 37.4 Å². The number of hydrogen-bond acceptors (Lipinski definition) is 6. The normalized spacial score (nSPS) is 17.8. The van der Waals surface area contributed by atoms with Crippen molar-refractivity contribution in [3.05, 3.63) is 82.0 Å². The van der Waals surface area contributed by atoms with Crippen LogP contribution in [0.3, 0.4) is 0 Å². The first-order chi connectivity index (χ1) is 19.1.